The number of hydrogen-bond acceptors (Lipinski definition) is 8. The van der Waals surface area contributed by atoms with Crippen molar-refractivity contribution in [2.75, 3.05) is 55.6 Å². The molecular weight excluding hydrogens is 580 g/mol. The van der Waals surface area contributed by atoms with E-state index in [0.29, 0.717) is 17.2 Å². The van der Waals surface area contributed by atoms with Crippen molar-refractivity contribution >= 4 is 0 Å². The number of benzene rings is 4. The lowest BCUT2D eigenvalue weighted by molar-refractivity contribution is 0.227. The minimum atomic E-state index is 0.0826. The molecule has 4 aromatic carbocycles. The van der Waals surface area contributed by atoms with E-state index < -0.39 is 0 Å². The molecule has 0 aromatic heterocycles. The predicted molar refractivity (Wildman–Crippen MR) is 179 cm³/mol. The maximum atomic E-state index is 10.9. The third-order valence-corrected chi connectivity index (χ3v) is 9.58. The lowest BCUT2D eigenvalue weighted by Gasteiger charge is -2.35. The summed E-state index contributed by atoms with van der Waals surface area (Å²) in [5.74, 6) is 4.05. The molecule has 0 amide bonds. The Hall–Kier alpha value is -4.40. The van der Waals surface area contributed by atoms with Crippen molar-refractivity contribution < 1.29 is 28.8 Å². The zero-order chi connectivity index (χ0) is 32.4. The first kappa shape index (κ1) is 31.6. The van der Waals surface area contributed by atoms with E-state index in [1.165, 1.54) is 27.8 Å². The summed E-state index contributed by atoms with van der Waals surface area (Å²) in [6.07, 6.45) is 3.47. The lowest BCUT2D eigenvalue weighted by Crippen LogP contribution is -2.33. The molecule has 242 valence electrons. The van der Waals surface area contributed by atoms with Crippen LogP contribution in [0.4, 0.5) is 0 Å². The number of methoxy groups -OCH3 is 4. The molecule has 0 aliphatic carbocycles. The van der Waals surface area contributed by atoms with E-state index in [9.17, 15) is 5.11 Å². The van der Waals surface area contributed by atoms with Crippen molar-refractivity contribution in [1.82, 2.24) is 9.80 Å². The number of phenols is 1. The van der Waals surface area contributed by atoms with Crippen LogP contribution in [-0.2, 0) is 25.7 Å². The lowest BCUT2D eigenvalue weighted by atomic mass is 9.88. The van der Waals surface area contributed by atoms with E-state index in [2.05, 4.69) is 60.3 Å². The largest absolute Gasteiger partial charge is 0.504 e. The summed E-state index contributed by atoms with van der Waals surface area (Å²) >= 11 is 0. The van der Waals surface area contributed by atoms with Gasteiger partial charge in [0.25, 0.3) is 0 Å². The van der Waals surface area contributed by atoms with E-state index in [0.717, 1.165) is 61.6 Å². The molecule has 8 nitrogen and oxygen atoms in total. The van der Waals surface area contributed by atoms with Crippen LogP contribution in [0.25, 0.3) is 0 Å². The van der Waals surface area contributed by atoms with Crippen LogP contribution in [-0.4, -0.2) is 70.5 Å². The molecule has 2 atom stereocenters. The number of rotatable bonds is 10. The Kier molecular flexibility index (Phi) is 9.29. The standard InChI is InChI=1S/C38H44N2O6/c1-39-15-14-27-21-36(44-5)38(23-30(27)31(39)17-24-7-10-28(42-3)11-8-24)46-34-19-25(9-12-33(34)41)18-32-29-22-37(45-6)35(43-4)20-26(29)13-16-40(32)2/h7-12,19-23,31-32,41H,13-18H2,1-6H3/t31-,32-/m1/s1. The molecule has 6 rings (SSSR count). The van der Waals surface area contributed by atoms with E-state index in [-0.39, 0.29) is 17.8 Å². The topological polar surface area (TPSA) is 72.9 Å². The summed E-state index contributed by atoms with van der Waals surface area (Å²) in [6.45, 7) is 1.89. The second kappa shape index (κ2) is 13.5. The highest BCUT2D eigenvalue weighted by molar-refractivity contribution is 5.54. The molecule has 0 radical (unpaired) electrons. The van der Waals surface area contributed by atoms with Gasteiger partial charge in [-0.15, -0.1) is 0 Å². The molecule has 1 N–H and O–H groups in total. The Morgan fingerprint density at radius 1 is 0.587 bits per heavy atom. The minimum absolute atomic E-state index is 0.0826. The van der Waals surface area contributed by atoms with Gasteiger partial charge in [-0.1, -0.05) is 18.2 Å². The van der Waals surface area contributed by atoms with Crippen LogP contribution in [0.1, 0.15) is 45.5 Å². The number of nitrogens with zero attached hydrogens (tertiary/aromatic N) is 2. The molecule has 46 heavy (non-hydrogen) atoms. The highest BCUT2D eigenvalue weighted by Crippen LogP contribution is 2.44. The highest BCUT2D eigenvalue weighted by Gasteiger charge is 2.29. The average molecular weight is 625 g/mol. The van der Waals surface area contributed by atoms with Crippen LogP contribution in [0.2, 0.25) is 0 Å². The molecular formula is C38H44N2O6. The normalized spacial score (nSPS) is 18.0. The second-order valence-corrected chi connectivity index (χ2v) is 12.3. The maximum Gasteiger partial charge on any atom is 0.169 e. The molecule has 0 bridgehead atoms. The van der Waals surface area contributed by atoms with Crippen LogP contribution >= 0.6 is 0 Å². The Morgan fingerprint density at radius 3 is 1.65 bits per heavy atom. The van der Waals surface area contributed by atoms with Gasteiger partial charge in [0.05, 0.1) is 28.4 Å². The third kappa shape index (κ3) is 6.32. The maximum absolute atomic E-state index is 10.9. The van der Waals surface area contributed by atoms with Gasteiger partial charge in [0.1, 0.15) is 5.75 Å². The van der Waals surface area contributed by atoms with Gasteiger partial charge in [-0.25, -0.2) is 0 Å². The zero-order valence-electron chi connectivity index (χ0n) is 27.6. The van der Waals surface area contributed by atoms with Gasteiger partial charge in [-0.2, -0.15) is 0 Å². The van der Waals surface area contributed by atoms with Gasteiger partial charge in [-0.3, -0.25) is 9.80 Å². The first-order valence-electron chi connectivity index (χ1n) is 15.8. The summed E-state index contributed by atoms with van der Waals surface area (Å²) in [5, 5.41) is 10.9. The van der Waals surface area contributed by atoms with Crippen LogP contribution in [0.15, 0.2) is 66.7 Å². The van der Waals surface area contributed by atoms with E-state index >= 15 is 0 Å². The molecule has 0 saturated heterocycles. The van der Waals surface area contributed by atoms with Crippen molar-refractivity contribution in [2.45, 2.75) is 37.8 Å². The molecule has 8 heteroatoms. The van der Waals surface area contributed by atoms with E-state index in [1.807, 2.05) is 24.3 Å². The Morgan fingerprint density at radius 2 is 1.09 bits per heavy atom. The summed E-state index contributed by atoms with van der Waals surface area (Å²) in [5.41, 5.74) is 7.25. The SMILES string of the molecule is COc1ccc(C[C@@H]2c3cc(Oc4cc(C[C@@H]5c6cc(OC)c(OC)cc6CCN5C)ccc4O)c(OC)cc3CCN2C)cc1. The average Bonchev–Trinajstić information content (AvgIpc) is 3.08. The second-order valence-electron chi connectivity index (χ2n) is 12.3. The Labute approximate surface area is 272 Å². The molecule has 4 aromatic rings. The molecule has 0 spiro atoms. The van der Waals surface area contributed by atoms with Crippen molar-refractivity contribution in [1.29, 1.82) is 0 Å². The van der Waals surface area contributed by atoms with Gasteiger partial charge in [0, 0.05) is 25.2 Å². The summed E-state index contributed by atoms with van der Waals surface area (Å²) in [6, 6.07) is 22.6. The number of aromatic hydroxyl groups is 1. The highest BCUT2D eigenvalue weighted by atomic mass is 16.5. The quantitative estimate of drug-likeness (QED) is 0.208. The smallest absolute Gasteiger partial charge is 0.169 e. The summed E-state index contributed by atoms with van der Waals surface area (Å²) < 4.78 is 28.9. The van der Waals surface area contributed by atoms with Crippen LogP contribution < -0.4 is 23.7 Å². The fraction of sp³-hybridized carbons (Fsp3) is 0.368. The molecule has 0 unspecified atom stereocenters. The van der Waals surface area contributed by atoms with Crippen molar-refractivity contribution in [3.05, 3.63) is 100 Å². The third-order valence-electron chi connectivity index (χ3n) is 9.58. The van der Waals surface area contributed by atoms with Gasteiger partial charge in [0.2, 0.25) is 0 Å². The molecule has 0 saturated carbocycles. The fourth-order valence-corrected chi connectivity index (χ4v) is 6.85. The zero-order valence-corrected chi connectivity index (χ0v) is 27.6. The molecule has 2 aliphatic heterocycles. The van der Waals surface area contributed by atoms with E-state index in [4.69, 9.17) is 23.7 Å². The van der Waals surface area contributed by atoms with Crippen molar-refractivity contribution in [2.24, 2.45) is 0 Å². The van der Waals surface area contributed by atoms with Crippen molar-refractivity contribution in [3.8, 4) is 40.2 Å². The number of ether oxygens (including phenoxy) is 5. The molecule has 2 heterocycles. The van der Waals surface area contributed by atoms with Gasteiger partial charge in [0.15, 0.2) is 34.5 Å². The number of phenolic OH excluding ortho intramolecular Hbond substituents is 1. The van der Waals surface area contributed by atoms with E-state index in [1.54, 1.807) is 34.5 Å². The summed E-state index contributed by atoms with van der Waals surface area (Å²) in [7, 11) is 11.0. The predicted octanol–water partition coefficient (Wildman–Crippen LogP) is 6.76. The van der Waals surface area contributed by atoms with Gasteiger partial charge >= 0.3 is 0 Å². The van der Waals surface area contributed by atoms with Crippen LogP contribution in [0, 0.1) is 0 Å². The summed E-state index contributed by atoms with van der Waals surface area (Å²) in [4.78, 5) is 4.76. The first-order chi connectivity index (χ1) is 22.3. The minimum Gasteiger partial charge on any atom is -0.504 e. The number of likely N-dealkylation sites (N-methyl/N-ethyl adjacent to an activating group) is 2. The number of fused-ring (bicyclic) bond motifs is 2. The molecule has 0 fully saturated rings. The Balaban J connectivity index is 1.29. The Bertz CT molecular complexity index is 1690. The van der Waals surface area contributed by atoms with Gasteiger partial charge in [-0.05, 0) is 122 Å². The first-order valence-corrected chi connectivity index (χ1v) is 15.8. The van der Waals surface area contributed by atoms with Crippen LogP contribution in [0.3, 0.4) is 0 Å². The van der Waals surface area contributed by atoms with Gasteiger partial charge < -0.3 is 28.8 Å². The monoisotopic (exact) mass is 624 g/mol. The number of hydrogen-bond donors (Lipinski definition) is 1. The van der Waals surface area contributed by atoms with Crippen molar-refractivity contribution in [3.63, 3.8) is 0 Å². The fourth-order valence-electron chi connectivity index (χ4n) is 6.85. The molecule has 2 aliphatic rings. The van der Waals surface area contributed by atoms with Crippen LogP contribution in [0.5, 0.6) is 40.2 Å².